The summed E-state index contributed by atoms with van der Waals surface area (Å²) >= 11 is 0. The Balaban J connectivity index is 1.90. The lowest BCUT2D eigenvalue weighted by molar-refractivity contribution is 0.642. The molecule has 0 unspecified atom stereocenters. The van der Waals surface area contributed by atoms with Gasteiger partial charge in [-0.3, -0.25) is 4.98 Å². The minimum atomic E-state index is 1.17. The fraction of sp³-hybridized carbons (Fsp3) is 0.667. The molecule has 2 rings (SSSR count). The van der Waals surface area contributed by atoms with E-state index in [-0.39, 0.29) is 0 Å². The number of hydrogen-bond donors (Lipinski definition) is 0. The summed E-state index contributed by atoms with van der Waals surface area (Å²) in [5.74, 6) is 0. The van der Waals surface area contributed by atoms with Crippen molar-refractivity contribution in [3.8, 4) is 0 Å². The number of unbranched alkanes of at least 4 members (excludes halogenated alkanes) is 3. The van der Waals surface area contributed by atoms with Gasteiger partial charge in [0.05, 0.1) is 0 Å². The summed E-state index contributed by atoms with van der Waals surface area (Å²) < 4.78 is 0. The van der Waals surface area contributed by atoms with Crippen molar-refractivity contribution in [3.63, 3.8) is 0 Å². The van der Waals surface area contributed by atoms with Gasteiger partial charge in [0, 0.05) is 11.4 Å². The van der Waals surface area contributed by atoms with E-state index < -0.39 is 0 Å². The van der Waals surface area contributed by atoms with E-state index in [1.165, 1.54) is 74.7 Å². The molecule has 0 aliphatic heterocycles. The Hall–Kier alpha value is -0.850. The maximum atomic E-state index is 4.81. The molecule has 0 fully saturated rings. The quantitative estimate of drug-likeness (QED) is 0.677. The predicted octanol–water partition coefficient (Wildman–Crippen LogP) is 4.08. The molecule has 1 heteroatoms. The molecule has 1 aromatic rings. The van der Waals surface area contributed by atoms with Crippen LogP contribution in [0.5, 0.6) is 0 Å². The minimum absolute atomic E-state index is 1.17. The Bertz CT molecular complexity index is 330. The third kappa shape index (κ3) is 3.07. The molecule has 0 aromatic carbocycles. The van der Waals surface area contributed by atoms with Gasteiger partial charge in [0.2, 0.25) is 0 Å². The molecule has 0 atom stereocenters. The zero-order valence-electron chi connectivity index (χ0n) is 10.5. The van der Waals surface area contributed by atoms with Gasteiger partial charge in [-0.25, -0.2) is 0 Å². The second-order valence-electron chi connectivity index (χ2n) is 4.93. The number of rotatable bonds is 5. The van der Waals surface area contributed by atoms with Gasteiger partial charge in [-0.2, -0.15) is 0 Å². The topological polar surface area (TPSA) is 12.9 Å². The van der Waals surface area contributed by atoms with Crippen molar-refractivity contribution in [1.29, 1.82) is 0 Å². The van der Waals surface area contributed by atoms with Crippen LogP contribution in [-0.4, -0.2) is 4.98 Å². The van der Waals surface area contributed by atoms with Crippen molar-refractivity contribution in [2.45, 2.75) is 64.7 Å². The molecule has 0 N–H and O–H groups in total. The second-order valence-corrected chi connectivity index (χ2v) is 4.93. The third-order valence-corrected chi connectivity index (χ3v) is 3.52. The summed E-state index contributed by atoms with van der Waals surface area (Å²) in [4.78, 5) is 4.81. The van der Waals surface area contributed by atoms with Crippen molar-refractivity contribution in [2.75, 3.05) is 0 Å². The van der Waals surface area contributed by atoms with Gasteiger partial charge in [-0.05, 0) is 50.2 Å². The van der Waals surface area contributed by atoms with Crippen molar-refractivity contribution < 1.29 is 0 Å². The maximum Gasteiger partial charge on any atom is 0.0438 e. The zero-order valence-corrected chi connectivity index (χ0v) is 10.5. The molecule has 0 saturated carbocycles. The zero-order chi connectivity index (χ0) is 11.2. The summed E-state index contributed by atoms with van der Waals surface area (Å²) in [6.45, 7) is 2.26. The molecule has 1 heterocycles. The lowest BCUT2D eigenvalue weighted by Crippen LogP contribution is -2.06. The van der Waals surface area contributed by atoms with Crippen molar-refractivity contribution in [2.24, 2.45) is 0 Å². The number of aryl methyl sites for hydroxylation is 3. The van der Waals surface area contributed by atoms with Crippen LogP contribution >= 0.6 is 0 Å². The summed E-state index contributed by atoms with van der Waals surface area (Å²) in [6, 6.07) is 4.56. The summed E-state index contributed by atoms with van der Waals surface area (Å²) in [6.07, 6.45) is 11.7. The van der Waals surface area contributed by atoms with E-state index in [0.29, 0.717) is 0 Å². The van der Waals surface area contributed by atoms with E-state index in [9.17, 15) is 0 Å². The number of pyridine rings is 1. The molecule has 0 bridgehead atoms. The Morgan fingerprint density at radius 2 is 1.94 bits per heavy atom. The van der Waals surface area contributed by atoms with Gasteiger partial charge >= 0.3 is 0 Å². The first kappa shape index (κ1) is 11.6. The van der Waals surface area contributed by atoms with Gasteiger partial charge in [-0.1, -0.05) is 32.3 Å². The van der Waals surface area contributed by atoms with Gasteiger partial charge < -0.3 is 0 Å². The molecule has 0 amide bonds. The highest BCUT2D eigenvalue weighted by Crippen LogP contribution is 2.20. The molecule has 0 spiro atoms. The molecule has 0 saturated heterocycles. The number of nitrogens with zero attached hydrogens (tertiary/aromatic N) is 1. The predicted molar refractivity (Wildman–Crippen MR) is 68.7 cm³/mol. The molecule has 1 nitrogen and oxygen atoms in total. The van der Waals surface area contributed by atoms with Crippen LogP contribution in [0.4, 0.5) is 0 Å². The van der Waals surface area contributed by atoms with E-state index in [1.54, 1.807) is 0 Å². The van der Waals surface area contributed by atoms with Gasteiger partial charge in [-0.15, -0.1) is 0 Å². The minimum Gasteiger partial charge on any atom is -0.258 e. The van der Waals surface area contributed by atoms with Crippen LogP contribution in [-0.2, 0) is 19.3 Å². The number of aromatic nitrogens is 1. The van der Waals surface area contributed by atoms with Crippen LogP contribution in [0, 0.1) is 0 Å². The smallest absolute Gasteiger partial charge is 0.0438 e. The van der Waals surface area contributed by atoms with Gasteiger partial charge in [0.1, 0.15) is 0 Å². The number of fused-ring (bicyclic) bond motifs is 1. The van der Waals surface area contributed by atoms with E-state index in [2.05, 4.69) is 19.1 Å². The molecule has 1 aromatic heterocycles. The molecular weight excluding hydrogens is 194 g/mol. The summed E-state index contributed by atoms with van der Waals surface area (Å²) in [5.41, 5.74) is 4.21. The average Bonchev–Trinajstić information content (AvgIpc) is 2.34. The van der Waals surface area contributed by atoms with E-state index in [4.69, 9.17) is 4.98 Å². The Morgan fingerprint density at radius 1 is 1.06 bits per heavy atom. The van der Waals surface area contributed by atoms with E-state index >= 15 is 0 Å². The van der Waals surface area contributed by atoms with Crippen LogP contribution in [0.2, 0.25) is 0 Å². The van der Waals surface area contributed by atoms with Crippen molar-refractivity contribution in [3.05, 3.63) is 29.1 Å². The first-order valence-corrected chi connectivity index (χ1v) is 6.88. The Kier molecular flexibility index (Phi) is 4.38. The number of hydrogen-bond acceptors (Lipinski definition) is 1. The van der Waals surface area contributed by atoms with Crippen LogP contribution in [0.1, 0.15) is 62.4 Å². The maximum absolute atomic E-state index is 4.81. The van der Waals surface area contributed by atoms with Crippen LogP contribution in [0.15, 0.2) is 12.1 Å². The Morgan fingerprint density at radius 3 is 2.81 bits per heavy atom. The van der Waals surface area contributed by atoms with E-state index in [1.807, 2.05) is 0 Å². The largest absolute Gasteiger partial charge is 0.258 e. The standard InChI is InChI=1S/C15H23N/c1-2-3-4-5-9-14-12-11-13-8-6-7-10-15(13)16-14/h11-12H,2-10H2,1H3. The molecule has 16 heavy (non-hydrogen) atoms. The van der Waals surface area contributed by atoms with Crippen LogP contribution in [0.25, 0.3) is 0 Å². The Labute approximate surface area is 99.3 Å². The average molecular weight is 217 g/mol. The molecule has 88 valence electrons. The lowest BCUT2D eigenvalue weighted by atomic mass is 9.95. The van der Waals surface area contributed by atoms with Gasteiger partial charge in [0.15, 0.2) is 0 Å². The summed E-state index contributed by atoms with van der Waals surface area (Å²) in [7, 11) is 0. The molecule has 1 aliphatic rings. The highest BCUT2D eigenvalue weighted by atomic mass is 14.7. The summed E-state index contributed by atoms with van der Waals surface area (Å²) in [5, 5.41) is 0. The van der Waals surface area contributed by atoms with Crippen molar-refractivity contribution >= 4 is 0 Å². The fourth-order valence-electron chi connectivity index (χ4n) is 2.50. The SMILES string of the molecule is CCCCCCc1ccc2c(n1)CCCC2. The highest BCUT2D eigenvalue weighted by Gasteiger charge is 2.10. The normalized spacial score (nSPS) is 14.8. The van der Waals surface area contributed by atoms with Gasteiger partial charge in [0.25, 0.3) is 0 Å². The van der Waals surface area contributed by atoms with Crippen molar-refractivity contribution in [1.82, 2.24) is 4.98 Å². The molecular formula is C15H23N. The lowest BCUT2D eigenvalue weighted by Gasteiger charge is -2.15. The highest BCUT2D eigenvalue weighted by molar-refractivity contribution is 5.25. The van der Waals surface area contributed by atoms with Crippen LogP contribution < -0.4 is 0 Å². The second kappa shape index (κ2) is 6.03. The fourth-order valence-corrected chi connectivity index (χ4v) is 2.50. The van der Waals surface area contributed by atoms with E-state index in [0.717, 1.165) is 0 Å². The van der Waals surface area contributed by atoms with Crippen LogP contribution in [0.3, 0.4) is 0 Å². The monoisotopic (exact) mass is 217 g/mol. The first-order chi connectivity index (χ1) is 7.90. The molecule has 1 aliphatic carbocycles. The first-order valence-electron chi connectivity index (χ1n) is 6.88. The molecule has 0 radical (unpaired) electrons. The third-order valence-electron chi connectivity index (χ3n) is 3.52.